The van der Waals surface area contributed by atoms with E-state index in [0.29, 0.717) is 19.3 Å². The Morgan fingerprint density at radius 1 is 0.654 bits per heavy atom. The third kappa shape index (κ3) is 22.3. The van der Waals surface area contributed by atoms with Gasteiger partial charge in [-0.25, -0.2) is 0 Å². The number of amides is 1. The second kappa shape index (κ2) is 32.1. The molecule has 0 radical (unpaired) electrons. The SMILES string of the molecule is CCCCCCCCCC/C=C\CCCCCCCCC(O)C(=O)NC(COC1OC(CO)C(O)C(O)C1O)C(O)C(O)CCCCCCCCC. The predicted molar refractivity (Wildman–Crippen MR) is 206 cm³/mol. The summed E-state index contributed by atoms with van der Waals surface area (Å²) in [5.41, 5.74) is 0. The molecule has 0 aromatic heterocycles. The molecule has 8 N–H and O–H groups in total. The lowest BCUT2D eigenvalue weighted by atomic mass is 9.98. The highest BCUT2D eigenvalue weighted by molar-refractivity contribution is 5.80. The van der Waals surface area contributed by atoms with Gasteiger partial charge in [0.2, 0.25) is 5.91 Å². The number of carbonyl (C=O) groups is 1. The molecule has 11 nitrogen and oxygen atoms in total. The number of ether oxygens (including phenoxy) is 2. The average Bonchev–Trinajstić information content (AvgIpc) is 3.14. The van der Waals surface area contributed by atoms with Crippen LogP contribution in [-0.2, 0) is 14.3 Å². The molecule has 0 bridgehead atoms. The van der Waals surface area contributed by atoms with Crippen molar-refractivity contribution in [3.63, 3.8) is 0 Å². The third-order valence-corrected chi connectivity index (χ3v) is 10.3. The lowest BCUT2D eigenvalue weighted by molar-refractivity contribution is -0.303. The first-order chi connectivity index (χ1) is 25.2. The smallest absolute Gasteiger partial charge is 0.249 e. The molecule has 1 saturated heterocycles. The summed E-state index contributed by atoms with van der Waals surface area (Å²) in [5, 5.41) is 75.1. The quantitative estimate of drug-likeness (QED) is 0.0299. The highest BCUT2D eigenvalue weighted by Gasteiger charge is 2.44. The van der Waals surface area contributed by atoms with Crippen molar-refractivity contribution in [2.75, 3.05) is 13.2 Å². The minimum Gasteiger partial charge on any atom is -0.394 e. The Bertz CT molecular complexity index is 861. The van der Waals surface area contributed by atoms with Crippen LogP contribution in [0.25, 0.3) is 0 Å². The van der Waals surface area contributed by atoms with Crippen LogP contribution in [0.1, 0.15) is 174 Å². The molecule has 1 heterocycles. The second-order valence-electron chi connectivity index (χ2n) is 15.1. The van der Waals surface area contributed by atoms with Crippen molar-refractivity contribution in [2.45, 2.75) is 229 Å². The summed E-state index contributed by atoms with van der Waals surface area (Å²) < 4.78 is 11.0. The normalized spacial score (nSPS) is 23.1. The number of aliphatic hydroxyl groups is 7. The van der Waals surface area contributed by atoms with Crippen LogP contribution < -0.4 is 5.32 Å². The van der Waals surface area contributed by atoms with E-state index in [1.807, 2.05) is 0 Å². The molecule has 9 unspecified atom stereocenters. The molecule has 11 heteroatoms. The number of hydrogen-bond acceptors (Lipinski definition) is 10. The summed E-state index contributed by atoms with van der Waals surface area (Å²) in [6, 6.07) is -1.16. The van der Waals surface area contributed by atoms with Gasteiger partial charge in [-0.05, 0) is 38.5 Å². The number of carbonyl (C=O) groups excluding carboxylic acids is 1. The van der Waals surface area contributed by atoms with Gasteiger partial charge >= 0.3 is 0 Å². The van der Waals surface area contributed by atoms with Crippen molar-refractivity contribution in [2.24, 2.45) is 0 Å². The Balaban J connectivity index is 2.43. The van der Waals surface area contributed by atoms with Gasteiger partial charge < -0.3 is 50.5 Å². The number of allylic oxidation sites excluding steroid dienone is 2. The molecule has 52 heavy (non-hydrogen) atoms. The average molecular weight is 746 g/mol. The molecule has 0 saturated carbocycles. The minimum absolute atomic E-state index is 0.254. The van der Waals surface area contributed by atoms with Crippen LogP contribution >= 0.6 is 0 Å². The van der Waals surface area contributed by atoms with Crippen LogP contribution in [0, 0.1) is 0 Å². The molecule has 308 valence electrons. The zero-order valence-corrected chi connectivity index (χ0v) is 32.8. The van der Waals surface area contributed by atoms with E-state index in [9.17, 15) is 40.5 Å². The van der Waals surface area contributed by atoms with Crippen molar-refractivity contribution < 1.29 is 50.0 Å². The Labute approximate surface area is 315 Å². The van der Waals surface area contributed by atoms with E-state index in [2.05, 4.69) is 31.3 Å². The lowest BCUT2D eigenvalue weighted by Gasteiger charge is -2.40. The summed E-state index contributed by atoms with van der Waals surface area (Å²) in [5.74, 6) is -0.705. The molecular weight excluding hydrogens is 666 g/mol. The number of unbranched alkanes of at least 4 members (excludes halogenated alkanes) is 20. The largest absolute Gasteiger partial charge is 0.394 e. The summed E-state index contributed by atoms with van der Waals surface area (Å²) in [7, 11) is 0. The molecule has 0 spiro atoms. The topological polar surface area (TPSA) is 189 Å². The Kier molecular flexibility index (Phi) is 30.2. The van der Waals surface area contributed by atoms with Gasteiger partial charge in [-0.15, -0.1) is 0 Å². The molecule has 0 aliphatic carbocycles. The van der Waals surface area contributed by atoms with E-state index in [-0.39, 0.29) is 6.42 Å². The number of hydrogen-bond donors (Lipinski definition) is 8. The van der Waals surface area contributed by atoms with Gasteiger partial charge in [-0.3, -0.25) is 4.79 Å². The number of nitrogens with one attached hydrogen (secondary N) is 1. The van der Waals surface area contributed by atoms with Crippen molar-refractivity contribution >= 4 is 5.91 Å². The Hall–Kier alpha value is -1.15. The molecule has 0 aromatic carbocycles. The molecule has 9 atom stereocenters. The van der Waals surface area contributed by atoms with Gasteiger partial charge in [0.25, 0.3) is 0 Å². The van der Waals surface area contributed by atoms with E-state index in [1.54, 1.807) is 0 Å². The van der Waals surface area contributed by atoms with Crippen LogP contribution in [0.2, 0.25) is 0 Å². The van der Waals surface area contributed by atoms with Crippen LogP contribution in [0.5, 0.6) is 0 Å². The van der Waals surface area contributed by atoms with Gasteiger partial charge in [0.1, 0.15) is 36.6 Å². The maximum atomic E-state index is 13.0. The summed E-state index contributed by atoms with van der Waals surface area (Å²) in [4.78, 5) is 13.0. The van der Waals surface area contributed by atoms with E-state index >= 15 is 0 Å². The molecule has 0 aromatic rings. The lowest BCUT2D eigenvalue weighted by Crippen LogP contribution is -2.60. The van der Waals surface area contributed by atoms with Crippen LogP contribution in [0.4, 0.5) is 0 Å². The van der Waals surface area contributed by atoms with Crippen molar-refractivity contribution in [3.8, 4) is 0 Å². The van der Waals surface area contributed by atoms with E-state index in [1.165, 1.54) is 77.0 Å². The number of aliphatic hydroxyl groups excluding tert-OH is 7. The Morgan fingerprint density at radius 2 is 1.12 bits per heavy atom. The summed E-state index contributed by atoms with van der Waals surface area (Å²) in [6.45, 7) is 3.36. The first-order valence-corrected chi connectivity index (χ1v) is 21.1. The summed E-state index contributed by atoms with van der Waals surface area (Å²) in [6.07, 6.45) is 20.1. The predicted octanol–water partition coefficient (Wildman–Crippen LogP) is 5.72. The van der Waals surface area contributed by atoms with Crippen LogP contribution in [0.15, 0.2) is 12.2 Å². The first-order valence-electron chi connectivity index (χ1n) is 21.1. The fourth-order valence-electron chi connectivity index (χ4n) is 6.73. The molecule has 1 rings (SSSR count). The van der Waals surface area contributed by atoms with Gasteiger partial charge in [0.05, 0.1) is 25.4 Å². The molecule has 1 amide bonds. The van der Waals surface area contributed by atoms with Gasteiger partial charge in [-0.1, -0.05) is 148 Å². The minimum atomic E-state index is -1.66. The highest BCUT2D eigenvalue weighted by atomic mass is 16.7. The van der Waals surface area contributed by atoms with E-state index in [0.717, 1.165) is 57.8 Å². The van der Waals surface area contributed by atoms with Crippen molar-refractivity contribution in [1.29, 1.82) is 0 Å². The van der Waals surface area contributed by atoms with Crippen molar-refractivity contribution in [3.05, 3.63) is 12.2 Å². The Morgan fingerprint density at radius 3 is 1.62 bits per heavy atom. The molecule has 1 aliphatic rings. The van der Waals surface area contributed by atoms with Crippen LogP contribution in [0.3, 0.4) is 0 Å². The zero-order valence-electron chi connectivity index (χ0n) is 32.8. The van der Waals surface area contributed by atoms with Gasteiger partial charge in [0.15, 0.2) is 6.29 Å². The van der Waals surface area contributed by atoms with Crippen LogP contribution in [-0.4, -0.2) is 110 Å². The van der Waals surface area contributed by atoms with E-state index in [4.69, 9.17) is 9.47 Å². The maximum Gasteiger partial charge on any atom is 0.249 e. The van der Waals surface area contributed by atoms with Gasteiger partial charge in [0, 0.05) is 0 Å². The standard InChI is InChI=1S/C41H79NO10/c1-3-5-7-9-11-12-13-14-15-16-17-18-19-20-21-23-25-27-29-34(45)40(50)42-32(36(46)33(44)28-26-24-22-10-8-6-4-2)31-51-41-39(49)38(48)37(47)35(30-43)52-41/h16-17,32-39,41,43-49H,3-15,18-31H2,1-2H3,(H,42,50)/b17-16-. The molecule has 1 fully saturated rings. The summed E-state index contributed by atoms with van der Waals surface area (Å²) >= 11 is 0. The molecule has 1 aliphatic heterocycles. The van der Waals surface area contributed by atoms with Crippen molar-refractivity contribution in [1.82, 2.24) is 5.32 Å². The number of rotatable bonds is 34. The monoisotopic (exact) mass is 746 g/mol. The second-order valence-corrected chi connectivity index (χ2v) is 15.1. The highest BCUT2D eigenvalue weighted by Crippen LogP contribution is 2.23. The van der Waals surface area contributed by atoms with Gasteiger partial charge in [-0.2, -0.15) is 0 Å². The zero-order chi connectivity index (χ0) is 38.4. The molecular formula is C41H79NO10. The maximum absolute atomic E-state index is 13.0. The third-order valence-electron chi connectivity index (χ3n) is 10.3. The first kappa shape index (κ1) is 48.9. The fourth-order valence-corrected chi connectivity index (χ4v) is 6.73. The van der Waals surface area contributed by atoms with E-state index < -0.39 is 74.2 Å². The fraction of sp³-hybridized carbons (Fsp3) is 0.927.